The van der Waals surface area contributed by atoms with Crippen LogP contribution >= 0.6 is 0 Å². The Labute approximate surface area is 116 Å². The molecule has 0 bridgehead atoms. The van der Waals surface area contributed by atoms with E-state index in [2.05, 4.69) is 22.4 Å². The predicted molar refractivity (Wildman–Crippen MR) is 76.0 cm³/mol. The molecule has 1 fully saturated rings. The third-order valence-corrected chi connectivity index (χ3v) is 3.85. The van der Waals surface area contributed by atoms with Crippen LogP contribution < -0.4 is 5.32 Å². The maximum absolute atomic E-state index is 5.34. The SMILES string of the molecule is CCCCCCCCc1nc(C2CCCCN2)no1. The van der Waals surface area contributed by atoms with Gasteiger partial charge in [0.05, 0.1) is 6.04 Å². The summed E-state index contributed by atoms with van der Waals surface area (Å²) >= 11 is 0. The van der Waals surface area contributed by atoms with E-state index >= 15 is 0 Å². The van der Waals surface area contributed by atoms with Crippen molar-refractivity contribution in [2.24, 2.45) is 0 Å². The molecule has 0 spiro atoms. The molecule has 0 saturated carbocycles. The molecule has 108 valence electrons. The van der Waals surface area contributed by atoms with Crippen molar-refractivity contribution >= 4 is 0 Å². The average molecular weight is 265 g/mol. The molecule has 0 amide bonds. The van der Waals surface area contributed by atoms with Gasteiger partial charge in [-0.05, 0) is 25.8 Å². The maximum Gasteiger partial charge on any atom is 0.226 e. The largest absolute Gasteiger partial charge is 0.339 e. The Balaban J connectivity index is 1.66. The van der Waals surface area contributed by atoms with Crippen LogP contribution in [0.4, 0.5) is 0 Å². The molecule has 4 heteroatoms. The molecule has 1 aliphatic rings. The molecule has 1 aromatic rings. The highest BCUT2D eigenvalue weighted by Gasteiger charge is 2.19. The minimum atomic E-state index is 0.316. The fourth-order valence-electron chi connectivity index (χ4n) is 2.64. The second-order valence-electron chi connectivity index (χ2n) is 5.57. The molecule has 1 atom stereocenters. The van der Waals surface area contributed by atoms with Gasteiger partial charge < -0.3 is 9.84 Å². The minimum absolute atomic E-state index is 0.316. The maximum atomic E-state index is 5.34. The van der Waals surface area contributed by atoms with Crippen LogP contribution in [0.3, 0.4) is 0 Å². The summed E-state index contributed by atoms with van der Waals surface area (Å²) in [5.74, 6) is 1.68. The molecule has 4 nitrogen and oxygen atoms in total. The van der Waals surface area contributed by atoms with E-state index < -0.39 is 0 Å². The van der Waals surface area contributed by atoms with Crippen LogP contribution in [0, 0.1) is 0 Å². The van der Waals surface area contributed by atoms with E-state index in [0.29, 0.717) is 6.04 Å². The number of piperidine rings is 1. The summed E-state index contributed by atoms with van der Waals surface area (Å²) in [6, 6.07) is 0.316. The number of aryl methyl sites for hydroxylation is 1. The van der Waals surface area contributed by atoms with Crippen molar-refractivity contribution in [3.05, 3.63) is 11.7 Å². The lowest BCUT2D eigenvalue weighted by Crippen LogP contribution is -2.27. The van der Waals surface area contributed by atoms with Crippen LogP contribution in [-0.4, -0.2) is 16.7 Å². The zero-order valence-electron chi connectivity index (χ0n) is 12.2. The summed E-state index contributed by atoms with van der Waals surface area (Å²) in [6.07, 6.45) is 12.4. The molecular weight excluding hydrogens is 238 g/mol. The number of unbranched alkanes of at least 4 members (excludes halogenated alkanes) is 5. The van der Waals surface area contributed by atoms with Crippen LogP contribution in [0.5, 0.6) is 0 Å². The van der Waals surface area contributed by atoms with E-state index in [4.69, 9.17) is 4.52 Å². The van der Waals surface area contributed by atoms with E-state index in [9.17, 15) is 0 Å². The molecular formula is C15H27N3O. The molecule has 2 heterocycles. The number of nitrogens with zero attached hydrogens (tertiary/aromatic N) is 2. The quantitative estimate of drug-likeness (QED) is 0.727. The molecule has 0 radical (unpaired) electrons. The Morgan fingerprint density at radius 1 is 1.16 bits per heavy atom. The van der Waals surface area contributed by atoms with Crippen molar-refractivity contribution in [2.45, 2.75) is 77.2 Å². The lowest BCUT2D eigenvalue weighted by atomic mass is 10.0. The first kappa shape index (κ1) is 14.5. The highest BCUT2D eigenvalue weighted by Crippen LogP contribution is 2.20. The fraction of sp³-hybridized carbons (Fsp3) is 0.867. The van der Waals surface area contributed by atoms with Gasteiger partial charge in [-0.3, -0.25) is 0 Å². The normalized spacial score (nSPS) is 19.7. The van der Waals surface area contributed by atoms with E-state index in [1.165, 1.54) is 51.4 Å². The van der Waals surface area contributed by atoms with Gasteiger partial charge in [0, 0.05) is 6.42 Å². The number of aromatic nitrogens is 2. The number of rotatable bonds is 8. The first-order valence-corrected chi connectivity index (χ1v) is 7.96. The van der Waals surface area contributed by atoms with E-state index in [1.807, 2.05) is 0 Å². The molecule has 0 aliphatic carbocycles. The molecule has 1 saturated heterocycles. The minimum Gasteiger partial charge on any atom is -0.339 e. The Morgan fingerprint density at radius 2 is 2.00 bits per heavy atom. The number of hydrogen-bond donors (Lipinski definition) is 1. The van der Waals surface area contributed by atoms with Gasteiger partial charge in [0.2, 0.25) is 5.89 Å². The monoisotopic (exact) mass is 265 g/mol. The predicted octanol–water partition coefficient (Wildman–Crippen LogP) is 3.79. The van der Waals surface area contributed by atoms with Gasteiger partial charge in [-0.1, -0.05) is 50.6 Å². The second-order valence-corrected chi connectivity index (χ2v) is 5.57. The van der Waals surface area contributed by atoms with Gasteiger partial charge in [-0.25, -0.2) is 0 Å². The molecule has 0 aromatic carbocycles. The lowest BCUT2D eigenvalue weighted by molar-refractivity contribution is 0.346. The zero-order chi connectivity index (χ0) is 13.3. The molecule has 1 aromatic heterocycles. The van der Waals surface area contributed by atoms with Crippen LogP contribution in [0.25, 0.3) is 0 Å². The Morgan fingerprint density at radius 3 is 2.79 bits per heavy atom. The molecule has 1 aliphatic heterocycles. The Hall–Kier alpha value is -0.900. The zero-order valence-corrected chi connectivity index (χ0v) is 12.2. The van der Waals surface area contributed by atoms with Crippen molar-refractivity contribution in [1.29, 1.82) is 0 Å². The van der Waals surface area contributed by atoms with Gasteiger partial charge in [0.25, 0.3) is 0 Å². The van der Waals surface area contributed by atoms with E-state index in [0.717, 1.165) is 31.1 Å². The summed E-state index contributed by atoms with van der Waals surface area (Å²) in [4.78, 5) is 4.53. The third kappa shape index (κ3) is 4.94. The smallest absolute Gasteiger partial charge is 0.226 e. The second kappa shape index (κ2) is 8.31. The van der Waals surface area contributed by atoms with Crippen molar-refractivity contribution < 1.29 is 4.52 Å². The Kier molecular flexibility index (Phi) is 6.34. The lowest BCUT2D eigenvalue weighted by Gasteiger charge is -2.19. The van der Waals surface area contributed by atoms with Gasteiger partial charge in [0.1, 0.15) is 0 Å². The first-order valence-electron chi connectivity index (χ1n) is 7.96. The molecule has 1 unspecified atom stereocenters. The van der Waals surface area contributed by atoms with Crippen LogP contribution in [0.2, 0.25) is 0 Å². The summed E-state index contributed by atoms with van der Waals surface area (Å²) in [7, 11) is 0. The first-order chi connectivity index (χ1) is 9.40. The van der Waals surface area contributed by atoms with Crippen molar-refractivity contribution in [2.75, 3.05) is 6.54 Å². The average Bonchev–Trinajstić information content (AvgIpc) is 2.92. The molecule has 1 N–H and O–H groups in total. The van der Waals surface area contributed by atoms with Gasteiger partial charge >= 0.3 is 0 Å². The number of nitrogens with one attached hydrogen (secondary N) is 1. The summed E-state index contributed by atoms with van der Waals surface area (Å²) in [6.45, 7) is 3.32. The van der Waals surface area contributed by atoms with Crippen LogP contribution in [0.1, 0.15) is 82.5 Å². The Bertz CT molecular complexity index is 345. The molecule has 19 heavy (non-hydrogen) atoms. The summed E-state index contributed by atoms with van der Waals surface area (Å²) in [5, 5.41) is 7.57. The van der Waals surface area contributed by atoms with Crippen molar-refractivity contribution in [3.8, 4) is 0 Å². The number of hydrogen-bond acceptors (Lipinski definition) is 4. The van der Waals surface area contributed by atoms with Gasteiger partial charge in [0.15, 0.2) is 5.82 Å². The van der Waals surface area contributed by atoms with Crippen LogP contribution in [-0.2, 0) is 6.42 Å². The van der Waals surface area contributed by atoms with Gasteiger partial charge in [-0.15, -0.1) is 0 Å². The van der Waals surface area contributed by atoms with Gasteiger partial charge in [-0.2, -0.15) is 4.98 Å². The fourth-order valence-corrected chi connectivity index (χ4v) is 2.64. The summed E-state index contributed by atoms with van der Waals surface area (Å²) in [5.41, 5.74) is 0. The van der Waals surface area contributed by atoms with Crippen molar-refractivity contribution in [1.82, 2.24) is 15.5 Å². The van der Waals surface area contributed by atoms with Crippen molar-refractivity contribution in [3.63, 3.8) is 0 Å². The highest BCUT2D eigenvalue weighted by atomic mass is 16.5. The topological polar surface area (TPSA) is 51.0 Å². The third-order valence-electron chi connectivity index (χ3n) is 3.85. The molecule has 2 rings (SSSR count). The highest BCUT2D eigenvalue weighted by molar-refractivity contribution is 4.95. The summed E-state index contributed by atoms with van der Waals surface area (Å²) < 4.78 is 5.34. The standard InChI is InChI=1S/C15H27N3O/c1-2-3-4-5-6-7-11-14-17-15(18-19-14)13-10-8-9-12-16-13/h13,16H,2-12H2,1H3. The van der Waals surface area contributed by atoms with Crippen LogP contribution in [0.15, 0.2) is 4.52 Å². The van der Waals surface area contributed by atoms with E-state index in [1.54, 1.807) is 0 Å². The van der Waals surface area contributed by atoms with E-state index in [-0.39, 0.29) is 0 Å².